The van der Waals surface area contributed by atoms with Crippen LogP contribution in [-0.4, -0.2) is 55.5 Å². The van der Waals surface area contributed by atoms with E-state index >= 15 is 0 Å². The minimum absolute atomic E-state index is 0.0126. The first-order chi connectivity index (χ1) is 10.4. The quantitative estimate of drug-likeness (QED) is 0.348. The number of carbonyl (C=O) groups excluding carboxylic acids is 3. The number of carbonyl (C=O) groups is 3. The number of nitrogens with one attached hydrogen (secondary N) is 1. The molecule has 0 saturated carbocycles. The number of aliphatic hydroxyl groups excluding tert-OH is 1. The number of hydrogen-bond acceptors (Lipinski definition) is 9. The van der Waals surface area contributed by atoms with Gasteiger partial charge in [-0.05, 0) is 0 Å². The second-order valence-electron chi connectivity index (χ2n) is 4.71. The maximum Gasteiger partial charge on any atom is 0.333 e. The van der Waals surface area contributed by atoms with Crippen LogP contribution in [0.25, 0.3) is 0 Å². The summed E-state index contributed by atoms with van der Waals surface area (Å²) in [6, 6.07) is -0.310. The highest BCUT2D eigenvalue weighted by molar-refractivity contribution is 5.91. The highest BCUT2D eigenvalue weighted by Crippen LogP contribution is 2.01. The lowest BCUT2D eigenvalue weighted by Gasteiger charge is -2.08. The average molecular weight is 317 g/mol. The molecule has 1 fully saturated rings. The maximum absolute atomic E-state index is 11.3. The molecule has 9 nitrogen and oxygen atoms in total. The topological polar surface area (TPSA) is 120 Å². The van der Waals surface area contributed by atoms with Crippen molar-refractivity contribution in [2.75, 3.05) is 20.0 Å². The molecule has 0 aliphatic carbocycles. The van der Waals surface area contributed by atoms with E-state index in [-0.39, 0.29) is 25.2 Å². The molecule has 0 aromatic heterocycles. The van der Waals surface area contributed by atoms with Crippen molar-refractivity contribution >= 4 is 17.9 Å². The molecule has 1 saturated heterocycles. The van der Waals surface area contributed by atoms with E-state index in [2.05, 4.69) is 14.8 Å². The van der Waals surface area contributed by atoms with Gasteiger partial charge in [0.1, 0.15) is 6.61 Å². The summed E-state index contributed by atoms with van der Waals surface area (Å²) in [6.45, 7) is 2.96. The molecule has 1 heterocycles. The molecule has 9 heteroatoms. The molecule has 0 spiro atoms. The number of hydrogen-bond donors (Lipinski definition) is 2. The average Bonchev–Trinajstić information content (AvgIpc) is 2.88. The zero-order valence-corrected chi connectivity index (χ0v) is 12.3. The minimum Gasteiger partial charge on any atom is -0.461 e. The Kier molecular flexibility index (Phi) is 7.50. The monoisotopic (exact) mass is 317 g/mol. The van der Waals surface area contributed by atoms with Crippen LogP contribution in [0.3, 0.4) is 0 Å². The summed E-state index contributed by atoms with van der Waals surface area (Å²) in [5.41, 5.74) is 0. The smallest absolute Gasteiger partial charge is 0.333 e. The summed E-state index contributed by atoms with van der Waals surface area (Å²) in [5, 5.41) is 11.6. The van der Waals surface area contributed by atoms with Crippen molar-refractivity contribution in [1.82, 2.24) is 5.32 Å². The predicted molar refractivity (Wildman–Crippen MR) is 70.9 cm³/mol. The molecule has 2 unspecified atom stereocenters. The summed E-state index contributed by atoms with van der Waals surface area (Å²) in [6.07, 6.45) is 0.681. The number of esters is 3. The van der Waals surface area contributed by atoms with Crippen molar-refractivity contribution < 1.29 is 38.4 Å². The number of rotatable bonds is 7. The van der Waals surface area contributed by atoms with E-state index in [0.717, 1.165) is 12.2 Å². The maximum atomic E-state index is 11.3. The van der Waals surface area contributed by atoms with E-state index in [1.165, 1.54) is 0 Å². The van der Waals surface area contributed by atoms with Crippen LogP contribution in [0.1, 0.15) is 13.8 Å². The SMILES string of the molecule is CC(C)C(=O)OCOC(=O)/C=C/C(=O)OCC1COC(O)N1. The second kappa shape index (κ2) is 9.13. The van der Waals surface area contributed by atoms with Gasteiger partial charge < -0.3 is 24.1 Å². The molecule has 0 bridgehead atoms. The Morgan fingerprint density at radius 3 is 2.41 bits per heavy atom. The lowest BCUT2D eigenvalue weighted by atomic mass is 10.2. The Bertz CT molecular complexity index is 434. The Balaban J connectivity index is 2.16. The van der Waals surface area contributed by atoms with Gasteiger partial charge in [0.15, 0.2) is 0 Å². The first-order valence-electron chi connectivity index (χ1n) is 6.62. The molecule has 22 heavy (non-hydrogen) atoms. The zero-order valence-electron chi connectivity index (χ0n) is 12.3. The van der Waals surface area contributed by atoms with Crippen LogP contribution in [0, 0.1) is 5.92 Å². The van der Waals surface area contributed by atoms with Crippen LogP contribution in [-0.2, 0) is 33.3 Å². The van der Waals surface area contributed by atoms with E-state index in [9.17, 15) is 14.4 Å². The van der Waals surface area contributed by atoms with Gasteiger partial charge in [0.2, 0.25) is 13.2 Å². The van der Waals surface area contributed by atoms with Crippen molar-refractivity contribution in [1.29, 1.82) is 0 Å². The Hall–Kier alpha value is -1.97. The molecule has 1 rings (SSSR count). The van der Waals surface area contributed by atoms with Crippen LogP contribution in [0.15, 0.2) is 12.2 Å². The van der Waals surface area contributed by atoms with Gasteiger partial charge in [0.25, 0.3) is 0 Å². The summed E-state index contributed by atoms with van der Waals surface area (Å²) < 4.78 is 18.8. The van der Waals surface area contributed by atoms with Gasteiger partial charge in [-0.25, -0.2) is 9.59 Å². The van der Waals surface area contributed by atoms with Crippen LogP contribution >= 0.6 is 0 Å². The van der Waals surface area contributed by atoms with Gasteiger partial charge in [-0.3, -0.25) is 10.1 Å². The molecule has 1 aliphatic rings. The van der Waals surface area contributed by atoms with Crippen LogP contribution < -0.4 is 5.32 Å². The van der Waals surface area contributed by atoms with Crippen LogP contribution in [0.5, 0.6) is 0 Å². The fourth-order valence-corrected chi connectivity index (χ4v) is 1.33. The largest absolute Gasteiger partial charge is 0.461 e. The predicted octanol–water partition coefficient (Wildman–Crippen LogP) is -0.950. The van der Waals surface area contributed by atoms with Gasteiger partial charge in [0.05, 0.1) is 18.6 Å². The third-order valence-electron chi connectivity index (χ3n) is 2.49. The van der Waals surface area contributed by atoms with Gasteiger partial charge in [-0.1, -0.05) is 13.8 Å². The van der Waals surface area contributed by atoms with Crippen molar-refractivity contribution in [2.24, 2.45) is 5.92 Å². The number of ether oxygens (including phenoxy) is 4. The third kappa shape index (κ3) is 7.16. The van der Waals surface area contributed by atoms with E-state index in [1.807, 2.05) is 0 Å². The Morgan fingerprint density at radius 1 is 1.23 bits per heavy atom. The molecule has 1 aliphatic heterocycles. The molecule has 0 aromatic carbocycles. The molecule has 2 N–H and O–H groups in total. The molecule has 124 valence electrons. The van der Waals surface area contributed by atoms with E-state index in [0.29, 0.717) is 0 Å². The molecule has 0 amide bonds. The van der Waals surface area contributed by atoms with Crippen LogP contribution in [0.2, 0.25) is 0 Å². The van der Waals surface area contributed by atoms with Gasteiger partial charge in [0, 0.05) is 12.2 Å². The Labute approximate surface area is 127 Å². The van der Waals surface area contributed by atoms with Crippen molar-refractivity contribution in [3.8, 4) is 0 Å². The molecule has 0 aromatic rings. The van der Waals surface area contributed by atoms with Crippen molar-refractivity contribution in [3.05, 3.63) is 12.2 Å². The summed E-state index contributed by atoms with van der Waals surface area (Å²) >= 11 is 0. The second-order valence-corrected chi connectivity index (χ2v) is 4.71. The highest BCUT2D eigenvalue weighted by Gasteiger charge is 2.23. The Morgan fingerprint density at radius 2 is 1.86 bits per heavy atom. The van der Waals surface area contributed by atoms with E-state index in [4.69, 9.17) is 14.6 Å². The zero-order chi connectivity index (χ0) is 16.5. The standard InChI is InChI=1S/C13H19NO8/c1-8(2)12(17)22-7-21-11(16)4-3-10(15)19-5-9-6-20-13(18)14-9/h3-4,8-9,13-14,18H,5-7H2,1-2H3/b4-3+. The third-order valence-corrected chi connectivity index (χ3v) is 2.49. The first kappa shape index (κ1) is 18.1. The van der Waals surface area contributed by atoms with Crippen molar-refractivity contribution in [3.63, 3.8) is 0 Å². The lowest BCUT2D eigenvalue weighted by molar-refractivity contribution is -0.166. The normalized spacial score (nSPS) is 21.1. The summed E-state index contributed by atoms with van der Waals surface area (Å²) in [7, 11) is 0. The van der Waals surface area contributed by atoms with Gasteiger partial charge >= 0.3 is 17.9 Å². The lowest BCUT2D eigenvalue weighted by Crippen LogP contribution is -2.34. The molecule has 2 atom stereocenters. The van der Waals surface area contributed by atoms with Crippen LogP contribution in [0.4, 0.5) is 0 Å². The molecular weight excluding hydrogens is 298 g/mol. The summed E-state index contributed by atoms with van der Waals surface area (Å²) in [4.78, 5) is 33.6. The van der Waals surface area contributed by atoms with Crippen molar-refractivity contribution in [2.45, 2.75) is 26.3 Å². The fraction of sp³-hybridized carbons (Fsp3) is 0.615. The number of aliphatic hydroxyl groups is 1. The van der Waals surface area contributed by atoms with Gasteiger partial charge in [-0.2, -0.15) is 0 Å². The molecule has 0 radical (unpaired) electrons. The first-order valence-corrected chi connectivity index (χ1v) is 6.62. The van der Waals surface area contributed by atoms with Gasteiger partial charge in [-0.15, -0.1) is 0 Å². The highest BCUT2D eigenvalue weighted by atomic mass is 16.7. The fourth-order valence-electron chi connectivity index (χ4n) is 1.33. The molecular formula is C13H19NO8. The van der Waals surface area contributed by atoms with E-state index < -0.39 is 31.1 Å². The minimum atomic E-state index is -1.07. The van der Waals surface area contributed by atoms with E-state index in [1.54, 1.807) is 13.8 Å². The summed E-state index contributed by atoms with van der Waals surface area (Å²) in [5.74, 6) is -2.41.